The van der Waals surface area contributed by atoms with E-state index in [0.717, 1.165) is 29.1 Å². The van der Waals surface area contributed by atoms with E-state index in [9.17, 15) is 14.4 Å². The summed E-state index contributed by atoms with van der Waals surface area (Å²) in [7, 11) is 1.67. The Hall–Kier alpha value is -2.57. The van der Waals surface area contributed by atoms with Crippen molar-refractivity contribution < 1.29 is 19.1 Å². The highest BCUT2D eigenvalue weighted by atomic mass is 16.5. The van der Waals surface area contributed by atoms with Crippen LogP contribution in [-0.4, -0.2) is 53.4 Å². The number of benzene rings is 1. The van der Waals surface area contributed by atoms with Gasteiger partial charge in [-0.3, -0.25) is 14.5 Å². The molecule has 1 saturated heterocycles. The summed E-state index contributed by atoms with van der Waals surface area (Å²) in [5.74, 6) is 0.256. The molecule has 1 aromatic carbocycles. The van der Waals surface area contributed by atoms with Crippen molar-refractivity contribution in [2.75, 3.05) is 20.2 Å². The second-order valence-corrected chi connectivity index (χ2v) is 6.94. The topological polar surface area (TPSA) is 79.0 Å². The smallest absolute Gasteiger partial charge is 0.325 e. The molecule has 0 aromatic heterocycles. The van der Waals surface area contributed by atoms with E-state index in [0.29, 0.717) is 26.0 Å². The molecule has 2 fully saturated rings. The maximum Gasteiger partial charge on any atom is 0.325 e. The van der Waals surface area contributed by atoms with Gasteiger partial charge in [0, 0.05) is 13.6 Å². The Morgan fingerprint density at radius 3 is 2.50 bits per heavy atom. The normalized spacial score (nSPS) is 18.3. The number of ether oxygens (including phenoxy) is 1. The van der Waals surface area contributed by atoms with Crippen molar-refractivity contribution in [3.63, 3.8) is 0 Å². The lowest BCUT2D eigenvalue weighted by Crippen LogP contribution is -2.45. The molecular weight excluding hydrogens is 334 g/mol. The predicted molar refractivity (Wildman–Crippen MR) is 95.5 cm³/mol. The van der Waals surface area contributed by atoms with Gasteiger partial charge in [0.15, 0.2) is 0 Å². The van der Waals surface area contributed by atoms with Crippen LogP contribution in [0.5, 0.6) is 5.75 Å². The van der Waals surface area contributed by atoms with Gasteiger partial charge in [0.25, 0.3) is 5.91 Å². The highest BCUT2D eigenvalue weighted by Crippen LogP contribution is 2.34. The third-order valence-corrected chi connectivity index (χ3v) is 5.08. The zero-order chi connectivity index (χ0) is 18.7. The number of nitrogens with zero attached hydrogens (tertiary/aromatic N) is 2. The molecule has 0 unspecified atom stereocenters. The number of likely N-dealkylation sites (N-methyl/N-ethyl adjacent to an activating group) is 1. The van der Waals surface area contributed by atoms with Crippen LogP contribution in [0.15, 0.2) is 24.3 Å². The Kier molecular flexibility index (Phi) is 5.15. The SMILES string of the molecule is CCOc1ccc(CN(C)C(=O)CN2C(=O)NC3(CCCC3)C2=O)cc1. The summed E-state index contributed by atoms with van der Waals surface area (Å²) in [6, 6.07) is 7.06. The van der Waals surface area contributed by atoms with Crippen molar-refractivity contribution >= 4 is 17.8 Å². The maximum atomic E-state index is 12.6. The van der Waals surface area contributed by atoms with Crippen LogP contribution in [-0.2, 0) is 16.1 Å². The third kappa shape index (κ3) is 3.52. The molecule has 7 nitrogen and oxygen atoms in total. The number of hydrogen-bond donors (Lipinski definition) is 1. The van der Waals surface area contributed by atoms with Gasteiger partial charge in [-0.15, -0.1) is 0 Å². The molecule has 0 atom stereocenters. The van der Waals surface area contributed by atoms with Gasteiger partial charge in [-0.2, -0.15) is 0 Å². The Labute approximate surface area is 153 Å². The molecule has 2 aliphatic rings. The van der Waals surface area contributed by atoms with Crippen LogP contribution < -0.4 is 10.1 Å². The van der Waals surface area contributed by atoms with Crippen LogP contribution in [0.25, 0.3) is 0 Å². The predicted octanol–water partition coefficient (Wildman–Crippen LogP) is 1.91. The molecule has 4 amide bonds. The van der Waals surface area contributed by atoms with Gasteiger partial charge in [-0.25, -0.2) is 4.79 Å². The van der Waals surface area contributed by atoms with Gasteiger partial charge in [0.05, 0.1) is 6.61 Å². The maximum absolute atomic E-state index is 12.6. The number of hydrogen-bond acceptors (Lipinski definition) is 4. The van der Waals surface area contributed by atoms with Crippen LogP contribution in [0.2, 0.25) is 0 Å². The summed E-state index contributed by atoms with van der Waals surface area (Å²) < 4.78 is 5.40. The summed E-state index contributed by atoms with van der Waals surface area (Å²) in [6.45, 7) is 2.71. The molecule has 0 radical (unpaired) electrons. The number of imide groups is 1. The lowest BCUT2D eigenvalue weighted by Gasteiger charge is -2.22. The van der Waals surface area contributed by atoms with E-state index in [1.807, 2.05) is 31.2 Å². The largest absolute Gasteiger partial charge is 0.494 e. The summed E-state index contributed by atoms with van der Waals surface area (Å²) in [5.41, 5.74) is 0.180. The Morgan fingerprint density at radius 1 is 1.23 bits per heavy atom. The minimum atomic E-state index is -0.773. The molecule has 1 saturated carbocycles. The molecule has 0 bridgehead atoms. The number of nitrogens with one attached hydrogen (secondary N) is 1. The van der Waals surface area contributed by atoms with Gasteiger partial charge < -0.3 is 15.0 Å². The standard InChI is InChI=1S/C19H25N3O4/c1-3-26-15-8-6-14(7-9-15)12-21(2)16(23)13-22-17(24)19(20-18(22)25)10-4-5-11-19/h6-9H,3-5,10-13H2,1-2H3,(H,20,25). The summed E-state index contributed by atoms with van der Waals surface area (Å²) in [4.78, 5) is 39.9. The summed E-state index contributed by atoms with van der Waals surface area (Å²) in [5, 5.41) is 2.79. The van der Waals surface area contributed by atoms with E-state index in [1.165, 1.54) is 4.90 Å². The van der Waals surface area contributed by atoms with Crippen LogP contribution >= 0.6 is 0 Å². The highest BCUT2D eigenvalue weighted by molar-refractivity contribution is 6.09. The van der Waals surface area contributed by atoms with Gasteiger partial charge >= 0.3 is 6.03 Å². The number of carbonyl (C=O) groups excluding carboxylic acids is 3. The van der Waals surface area contributed by atoms with E-state index < -0.39 is 11.6 Å². The van der Waals surface area contributed by atoms with Crippen molar-refractivity contribution in [1.29, 1.82) is 0 Å². The van der Waals surface area contributed by atoms with E-state index in [4.69, 9.17) is 4.74 Å². The van der Waals surface area contributed by atoms with E-state index in [-0.39, 0.29) is 18.4 Å². The van der Waals surface area contributed by atoms with Gasteiger partial charge in [-0.05, 0) is 37.5 Å². The lowest BCUT2D eigenvalue weighted by atomic mass is 9.98. The minimum absolute atomic E-state index is 0.222. The fourth-order valence-electron chi connectivity index (χ4n) is 3.61. The molecular formula is C19H25N3O4. The second kappa shape index (κ2) is 7.35. The van der Waals surface area contributed by atoms with Crippen LogP contribution in [0, 0.1) is 0 Å². The fraction of sp³-hybridized carbons (Fsp3) is 0.526. The van der Waals surface area contributed by atoms with E-state index in [1.54, 1.807) is 7.05 Å². The Balaban J connectivity index is 1.58. The van der Waals surface area contributed by atoms with Gasteiger partial charge in [0.2, 0.25) is 5.91 Å². The molecule has 1 aliphatic heterocycles. The van der Waals surface area contributed by atoms with Gasteiger partial charge in [-0.1, -0.05) is 25.0 Å². The molecule has 26 heavy (non-hydrogen) atoms. The first-order chi connectivity index (χ1) is 12.4. The van der Waals surface area contributed by atoms with Crippen molar-refractivity contribution in [2.24, 2.45) is 0 Å². The molecule has 7 heteroatoms. The molecule has 3 rings (SSSR count). The number of rotatable bonds is 6. The fourth-order valence-corrected chi connectivity index (χ4v) is 3.61. The monoisotopic (exact) mass is 359 g/mol. The zero-order valence-electron chi connectivity index (χ0n) is 15.3. The second-order valence-electron chi connectivity index (χ2n) is 6.94. The molecule has 1 heterocycles. The van der Waals surface area contributed by atoms with E-state index >= 15 is 0 Å². The first kappa shape index (κ1) is 18.2. The third-order valence-electron chi connectivity index (χ3n) is 5.08. The molecule has 140 valence electrons. The molecule has 1 spiro atoms. The van der Waals surface area contributed by atoms with E-state index in [2.05, 4.69) is 5.32 Å². The summed E-state index contributed by atoms with van der Waals surface area (Å²) >= 11 is 0. The molecule has 1 aromatic rings. The summed E-state index contributed by atoms with van der Waals surface area (Å²) in [6.07, 6.45) is 3.16. The minimum Gasteiger partial charge on any atom is -0.494 e. The Bertz CT molecular complexity index is 695. The average Bonchev–Trinajstić information content (AvgIpc) is 3.18. The average molecular weight is 359 g/mol. The first-order valence-corrected chi connectivity index (χ1v) is 9.05. The van der Waals surface area contributed by atoms with Crippen molar-refractivity contribution in [2.45, 2.75) is 44.7 Å². The number of carbonyl (C=O) groups is 3. The Morgan fingerprint density at radius 2 is 1.88 bits per heavy atom. The van der Waals surface area contributed by atoms with Crippen LogP contribution in [0.4, 0.5) is 4.79 Å². The number of amides is 4. The van der Waals surface area contributed by atoms with Crippen molar-refractivity contribution in [3.8, 4) is 5.75 Å². The number of urea groups is 1. The van der Waals surface area contributed by atoms with Gasteiger partial charge in [0.1, 0.15) is 17.8 Å². The quantitative estimate of drug-likeness (QED) is 0.787. The molecule has 1 aliphatic carbocycles. The van der Waals surface area contributed by atoms with Crippen LogP contribution in [0.3, 0.4) is 0 Å². The van der Waals surface area contributed by atoms with Crippen molar-refractivity contribution in [1.82, 2.24) is 15.1 Å². The first-order valence-electron chi connectivity index (χ1n) is 9.05. The zero-order valence-corrected chi connectivity index (χ0v) is 15.3. The van der Waals surface area contributed by atoms with Crippen molar-refractivity contribution in [3.05, 3.63) is 29.8 Å². The lowest BCUT2D eigenvalue weighted by molar-refractivity contribution is -0.138. The van der Waals surface area contributed by atoms with Crippen LogP contribution in [0.1, 0.15) is 38.2 Å². The highest BCUT2D eigenvalue weighted by Gasteiger charge is 2.52. The molecule has 1 N–H and O–H groups in total.